The summed E-state index contributed by atoms with van der Waals surface area (Å²) in [4.78, 5) is 12.5. The molecule has 0 unspecified atom stereocenters. The van der Waals surface area contributed by atoms with Crippen LogP contribution in [0.1, 0.15) is 79.0 Å². The molecule has 0 bridgehead atoms. The lowest BCUT2D eigenvalue weighted by Crippen LogP contribution is -2.27. The molecular formula is C19H26N2O2. The van der Waals surface area contributed by atoms with E-state index in [1.165, 1.54) is 5.56 Å². The van der Waals surface area contributed by atoms with Crippen LogP contribution in [0.25, 0.3) is 0 Å². The smallest absolute Gasteiger partial charge is 0.257 e. The maximum Gasteiger partial charge on any atom is 0.257 e. The molecular weight excluding hydrogens is 288 g/mol. The molecule has 0 aliphatic carbocycles. The van der Waals surface area contributed by atoms with Gasteiger partial charge in [0.15, 0.2) is 0 Å². The topological polar surface area (TPSA) is 55.1 Å². The first-order chi connectivity index (χ1) is 11.0. The molecule has 0 aliphatic rings. The molecule has 1 aromatic carbocycles. The van der Waals surface area contributed by atoms with Crippen LogP contribution in [0.2, 0.25) is 0 Å². The maximum atomic E-state index is 12.5. The summed E-state index contributed by atoms with van der Waals surface area (Å²) in [5.41, 5.74) is 3.70. The Morgan fingerprint density at radius 1 is 1.17 bits per heavy atom. The first-order valence-electron chi connectivity index (χ1n) is 8.33. The molecule has 1 N–H and O–H groups in total. The zero-order chi connectivity index (χ0) is 17.0. The average molecular weight is 314 g/mol. The molecule has 0 saturated carbocycles. The van der Waals surface area contributed by atoms with Crippen LogP contribution in [0.3, 0.4) is 0 Å². The Morgan fingerprint density at radius 3 is 2.35 bits per heavy atom. The van der Waals surface area contributed by atoms with Crippen LogP contribution in [0.5, 0.6) is 0 Å². The summed E-state index contributed by atoms with van der Waals surface area (Å²) < 4.78 is 5.14. The molecule has 0 fully saturated rings. The minimum atomic E-state index is -0.126. The average Bonchev–Trinajstić information content (AvgIpc) is 2.95. The lowest BCUT2D eigenvalue weighted by molar-refractivity contribution is 0.0937. The molecule has 1 amide bonds. The fourth-order valence-electron chi connectivity index (χ4n) is 2.65. The zero-order valence-electron chi connectivity index (χ0n) is 14.6. The van der Waals surface area contributed by atoms with E-state index in [9.17, 15) is 4.79 Å². The molecule has 23 heavy (non-hydrogen) atoms. The molecule has 0 saturated heterocycles. The number of benzene rings is 1. The molecule has 0 aliphatic heterocycles. The Bertz CT molecular complexity index is 659. The van der Waals surface area contributed by atoms with Crippen LogP contribution < -0.4 is 5.32 Å². The van der Waals surface area contributed by atoms with Gasteiger partial charge < -0.3 is 9.84 Å². The largest absolute Gasteiger partial charge is 0.361 e. The lowest BCUT2D eigenvalue weighted by Gasteiger charge is -2.16. The standard InChI is InChI=1S/C19H26N2O2/c1-6-12(3)15-8-10-16(11-9-15)13(4)20-19(22)18-14(5)23-21-17(18)7-2/h8-13H,6-7H2,1-5H3,(H,20,22)/t12-,13+/m0/s1. The van der Waals surface area contributed by atoms with Gasteiger partial charge in [0.1, 0.15) is 11.3 Å². The van der Waals surface area contributed by atoms with E-state index in [1.54, 1.807) is 6.92 Å². The minimum absolute atomic E-state index is 0.0625. The van der Waals surface area contributed by atoms with Crippen molar-refractivity contribution >= 4 is 5.91 Å². The van der Waals surface area contributed by atoms with Gasteiger partial charge in [-0.25, -0.2) is 0 Å². The van der Waals surface area contributed by atoms with Crippen LogP contribution >= 0.6 is 0 Å². The fourth-order valence-corrected chi connectivity index (χ4v) is 2.65. The number of aromatic nitrogens is 1. The van der Waals surface area contributed by atoms with Crippen molar-refractivity contribution in [2.45, 2.75) is 59.4 Å². The number of carbonyl (C=O) groups is 1. The summed E-state index contributed by atoms with van der Waals surface area (Å²) in [6.07, 6.45) is 1.80. The SMILES string of the molecule is CCc1noc(C)c1C(=O)N[C@H](C)c1ccc([C@@H](C)CC)cc1. The molecule has 1 heterocycles. The Kier molecular flexibility index (Phi) is 5.59. The van der Waals surface area contributed by atoms with E-state index in [4.69, 9.17) is 4.52 Å². The van der Waals surface area contributed by atoms with Gasteiger partial charge in [-0.3, -0.25) is 4.79 Å². The lowest BCUT2D eigenvalue weighted by atomic mass is 9.96. The van der Waals surface area contributed by atoms with E-state index < -0.39 is 0 Å². The number of carbonyl (C=O) groups excluding carboxylic acids is 1. The van der Waals surface area contributed by atoms with Gasteiger partial charge in [0, 0.05) is 0 Å². The maximum absolute atomic E-state index is 12.5. The third-order valence-electron chi connectivity index (χ3n) is 4.46. The molecule has 1 aromatic heterocycles. The summed E-state index contributed by atoms with van der Waals surface area (Å²) >= 11 is 0. The van der Waals surface area contributed by atoms with Gasteiger partial charge in [0.2, 0.25) is 0 Å². The van der Waals surface area contributed by atoms with Gasteiger partial charge in [-0.05, 0) is 43.7 Å². The van der Waals surface area contributed by atoms with Crippen molar-refractivity contribution in [3.05, 3.63) is 52.4 Å². The number of nitrogens with zero attached hydrogens (tertiary/aromatic N) is 1. The second-order valence-electron chi connectivity index (χ2n) is 6.09. The van der Waals surface area contributed by atoms with Crippen molar-refractivity contribution < 1.29 is 9.32 Å². The van der Waals surface area contributed by atoms with Gasteiger partial charge in [-0.15, -0.1) is 0 Å². The van der Waals surface area contributed by atoms with Gasteiger partial charge in [-0.1, -0.05) is 50.2 Å². The first-order valence-corrected chi connectivity index (χ1v) is 8.33. The van der Waals surface area contributed by atoms with E-state index in [2.05, 4.69) is 48.6 Å². The van der Waals surface area contributed by atoms with Crippen molar-refractivity contribution in [3.8, 4) is 0 Å². The zero-order valence-corrected chi connectivity index (χ0v) is 14.6. The van der Waals surface area contributed by atoms with Crippen LogP contribution in [0, 0.1) is 6.92 Å². The summed E-state index contributed by atoms with van der Waals surface area (Å²) in [5, 5.41) is 6.98. The number of nitrogens with one attached hydrogen (secondary N) is 1. The third-order valence-corrected chi connectivity index (χ3v) is 4.46. The Labute approximate surface area is 138 Å². The van der Waals surface area contributed by atoms with Gasteiger partial charge >= 0.3 is 0 Å². The molecule has 2 rings (SSSR count). The summed E-state index contributed by atoms with van der Waals surface area (Å²) in [5.74, 6) is 0.999. The molecule has 4 heteroatoms. The quantitative estimate of drug-likeness (QED) is 0.851. The Hall–Kier alpha value is -2.10. The minimum Gasteiger partial charge on any atom is -0.361 e. The highest BCUT2D eigenvalue weighted by atomic mass is 16.5. The fraction of sp³-hybridized carbons (Fsp3) is 0.474. The second kappa shape index (κ2) is 7.44. The molecule has 2 atom stereocenters. The summed E-state index contributed by atoms with van der Waals surface area (Å²) in [6, 6.07) is 8.41. The normalized spacial score (nSPS) is 13.6. The molecule has 4 nitrogen and oxygen atoms in total. The van der Waals surface area contributed by atoms with Gasteiger partial charge in [-0.2, -0.15) is 0 Å². The monoisotopic (exact) mass is 314 g/mol. The molecule has 2 aromatic rings. The number of hydrogen-bond donors (Lipinski definition) is 1. The van der Waals surface area contributed by atoms with E-state index in [0.29, 0.717) is 29.4 Å². The van der Waals surface area contributed by atoms with Crippen LogP contribution in [0.4, 0.5) is 0 Å². The third kappa shape index (κ3) is 3.81. The predicted molar refractivity (Wildman–Crippen MR) is 91.6 cm³/mol. The van der Waals surface area contributed by atoms with Crippen LogP contribution in [-0.4, -0.2) is 11.1 Å². The van der Waals surface area contributed by atoms with Crippen molar-refractivity contribution in [2.24, 2.45) is 0 Å². The number of rotatable bonds is 6. The highest BCUT2D eigenvalue weighted by molar-refractivity contribution is 5.96. The van der Waals surface area contributed by atoms with Crippen molar-refractivity contribution in [2.75, 3.05) is 0 Å². The molecule has 124 valence electrons. The van der Waals surface area contributed by atoms with E-state index in [0.717, 1.165) is 12.0 Å². The molecule has 0 radical (unpaired) electrons. The number of amides is 1. The summed E-state index contributed by atoms with van der Waals surface area (Å²) in [6.45, 7) is 10.1. The van der Waals surface area contributed by atoms with Crippen LogP contribution in [0.15, 0.2) is 28.8 Å². The first kappa shape index (κ1) is 17.3. The van der Waals surface area contributed by atoms with Gasteiger partial charge in [0.05, 0.1) is 11.7 Å². The summed E-state index contributed by atoms with van der Waals surface area (Å²) in [7, 11) is 0. The Balaban J connectivity index is 2.10. The van der Waals surface area contributed by atoms with Gasteiger partial charge in [0.25, 0.3) is 5.91 Å². The highest BCUT2D eigenvalue weighted by Crippen LogP contribution is 2.22. The second-order valence-corrected chi connectivity index (χ2v) is 6.09. The van der Waals surface area contributed by atoms with E-state index >= 15 is 0 Å². The molecule has 0 spiro atoms. The van der Waals surface area contributed by atoms with E-state index in [-0.39, 0.29) is 11.9 Å². The number of hydrogen-bond acceptors (Lipinski definition) is 3. The Morgan fingerprint density at radius 2 is 1.78 bits per heavy atom. The predicted octanol–water partition coefficient (Wildman–Crippen LogP) is 4.55. The highest BCUT2D eigenvalue weighted by Gasteiger charge is 2.21. The van der Waals surface area contributed by atoms with Crippen molar-refractivity contribution in [1.82, 2.24) is 10.5 Å². The van der Waals surface area contributed by atoms with Crippen molar-refractivity contribution in [3.63, 3.8) is 0 Å². The van der Waals surface area contributed by atoms with Crippen molar-refractivity contribution in [1.29, 1.82) is 0 Å². The number of aryl methyl sites for hydroxylation is 2. The van der Waals surface area contributed by atoms with E-state index in [1.807, 2.05) is 13.8 Å². The van der Waals surface area contributed by atoms with Crippen LogP contribution in [-0.2, 0) is 6.42 Å².